The molecule has 2 N–H and O–H groups in total. The molecule has 0 saturated heterocycles. The summed E-state index contributed by atoms with van der Waals surface area (Å²) in [7, 11) is 0. The maximum atomic E-state index is 12.8. The summed E-state index contributed by atoms with van der Waals surface area (Å²) in [5.74, 6) is -2.03. The Kier molecular flexibility index (Phi) is 3.38. The largest absolute Gasteiger partial charge is 0.479 e. The number of aromatic amines is 1. The number of benzene rings is 1. The number of hydrogen-bond acceptors (Lipinski definition) is 5. The fraction of sp³-hybridized carbons (Fsp3) is 0.176. The van der Waals surface area contributed by atoms with Crippen molar-refractivity contribution in [2.24, 2.45) is 0 Å². The third-order valence-corrected chi connectivity index (χ3v) is 4.27. The quantitative estimate of drug-likeness (QED) is 0.728. The van der Waals surface area contributed by atoms with Crippen LogP contribution in [0.25, 0.3) is 11.0 Å². The number of aromatic nitrogens is 2. The average Bonchev–Trinajstić information content (AvgIpc) is 3.08. The van der Waals surface area contributed by atoms with Gasteiger partial charge in [0.15, 0.2) is 17.2 Å². The summed E-state index contributed by atoms with van der Waals surface area (Å²) in [6, 6.07) is 6.46. The number of nitrogens with one attached hydrogen (secondary N) is 1. The molecule has 1 amide bonds. The fourth-order valence-electron chi connectivity index (χ4n) is 3.10. The van der Waals surface area contributed by atoms with Gasteiger partial charge in [-0.25, -0.2) is 9.78 Å². The summed E-state index contributed by atoms with van der Waals surface area (Å²) >= 11 is 0. The molecule has 1 aliphatic rings. The van der Waals surface area contributed by atoms with Crippen LogP contribution in [0.4, 0.5) is 0 Å². The molecule has 0 bridgehead atoms. The van der Waals surface area contributed by atoms with Gasteiger partial charge in [0.2, 0.25) is 0 Å². The minimum Gasteiger partial charge on any atom is -0.479 e. The van der Waals surface area contributed by atoms with Crippen LogP contribution in [0.5, 0.6) is 0 Å². The first-order valence-corrected chi connectivity index (χ1v) is 7.65. The highest BCUT2D eigenvalue weighted by atomic mass is 16.4. The number of aliphatic carboxylic acids is 1. The number of rotatable bonds is 2. The van der Waals surface area contributed by atoms with Crippen LogP contribution < -0.4 is 5.43 Å². The normalized spacial score (nSPS) is 16.6. The Balaban J connectivity index is 1.78. The van der Waals surface area contributed by atoms with E-state index in [-0.39, 0.29) is 23.3 Å². The van der Waals surface area contributed by atoms with Gasteiger partial charge < -0.3 is 19.4 Å². The summed E-state index contributed by atoms with van der Waals surface area (Å²) in [5.41, 5.74) is 0.920. The Labute approximate surface area is 140 Å². The minimum atomic E-state index is -1.22. The number of H-pyrrole nitrogens is 1. The highest BCUT2D eigenvalue weighted by molar-refractivity contribution is 5.96. The fourth-order valence-corrected chi connectivity index (χ4v) is 3.10. The van der Waals surface area contributed by atoms with Crippen LogP contribution in [-0.4, -0.2) is 38.4 Å². The van der Waals surface area contributed by atoms with Crippen molar-refractivity contribution in [1.29, 1.82) is 0 Å². The van der Waals surface area contributed by atoms with Gasteiger partial charge in [-0.15, -0.1) is 0 Å². The van der Waals surface area contributed by atoms with E-state index in [0.717, 1.165) is 6.07 Å². The second kappa shape index (κ2) is 5.59. The number of nitrogens with zero attached hydrogens (tertiary/aromatic N) is 2. The molecule has 8 heteroatoms. The lowest BCUT2D eigenvalue weighted by Gasteiger charge is -2.31. The van der Waals surface area contributed by atoms with Gasteiger partial charge in [0, 0.05) is 24.7 Å². The van der Waals surface area contributed by atoms with E-state index in [0.29, 0.717) is 23.2 Å². The topological polar surface area (TPSA) is 116 Å². The number of carboxylic acid groups (broad SMARTS) is 1. The Morgan fingerprint density at radius 3 is 2.92 bits per heavy atom. The molecule has 0 saturated carbocycles. The first-order chi connectivity index (χ1) is 12.1. The van der Waals surface area contributed by atoms with Crippen molar-refractivity contribution < 1.29 is 19.1 Å². The van der Waals surface area contributed by atoms with Gasteiger partial charge >= 0.3 is 5.97 Å². The number of carbonyl (C=O) groups excluding carboxylic acids is 1. The standard InChI is InChI=1S/C17H13N3O5/c21-11-7-13(25-12-4-2-1-3-9(11)12)16(22)20-6-5-10-14(19-8-18-10)15(20)17(23)24/h1-4,7-8,15H,5-6H2,(H,18,19)(H,23,24). The molecule has 0 spiro atoms. The molecule has 4 rings (SSSR count). The molecule has 3 heterocycles. The number of fused-ring (bicyclic) bond motifs is 2. The first-order valence-electron chi connectivity index (χ1n) is 7.65. The van der Waals surface area contributed by atoms with Crippen molar-refractivity contribution in [2.45, 2.75) is 12.5 Å². The molecule has 2 aromatic heterocycles. The average molecular weight is 339 g/mol. The predicted octanol–water partition coefficient (Wildman–Crippen LogP) is 1.34. The van der Waals surface area contributed by atoms with Crippen molar-refractivity contribution in [2.75, 3.05) is 6.54 Å². The molecule has 1 aromatic carbocycles. The molecular formula is C17H13N3O5. The van der Waals surface area contributed by atoms with E-state index in [2.05, 4.69) is 9.97 Å². The lowest BCUT2D eigenvalue weighted by molar-refractivity contribution is -0.143. The van der Waals surface area contributed by atoms with Crippen LogP contribution in [0.2, 0.25) is 0 Å². The van der Waals surface area contributed by atoms with E-state index in [4.69, 9.17) is 4.42 Å². The Bertz CT molecular complexity index is 1050. The van der Waals surface area contributed by atoms with Gasteiger partial charge in [0.1, 0.15) is 5.58 Å². The van der Waals surface area contributed by atoms with Gasteiger partial charge in [-0.05, 0) is 12.1 Å². The van der Waals surface area contributed by atoms with Gasteiger partial charge in [0.05, 0.1) is 17.4 Å². The van der Waals surface area contributed by atoms with Crippen LogP contribution in [-0.2, 0) is 11.2 Å². The molecule has 1 atom stereocenters. The number of carbonyl (C=O) groups is 2. The molecule has 3 aromatic rings. The van der Waals surface area contributed by atoms with E-state index in [9.17, 15) is 19.5 Å². The monoisotopic (exact) mass is 339 g/mol. The van der Waals surface area contributed by atoms with E-state index in [1.165, 1.54) is 11.2 Å². The molecule has 1 unspecified atom stereocenters. The molecule has 1 aliphatic heterocycles. The van der Waals surface area contributed by atoms with Crippen molar-refractivity contribution in [3.63, 3.8) is 0 Å². The lowest BCUT2D eigenvalue weighted by atomic mass is 10.0. The molecule has 25 heavy (non-hydrogen) atoms. The number of carboxylic acids is 1. The predicted molar refractivity (Wildman–Crippen MR) is 86.2 cm³/mol. The second-order valence-corrected chi connectivity index (χ2v) is 5.73. The summed E-state index contributed by atoms with van der Waals surface area (Å²) in [6.07, 6.45) is 1.85. The molecule has 8 nitrogen and oxygen atoms in total. The first kappa shape index (κ1) is 15.1. The zero-order valence-electron chi connectivity index (χ0n) is 12.9. The Hall–Kier alpha value is -3.42. The van der Waals surface area contributed by atoms with Crippen molar-refractivity contribution in [3.05, 3.63) is 64.0 Å². The van der Waals surface area contributed by atoms with Gasteiger partial charge in [-0.3, -0.25) is 9.59 Å². The molecule has 126 valence electrons. The smallest absolute Gasteiger partial charge is 0.332 e. The SMILES string of the molecule is O=C(O)C1c2nc[nH]c2CCN1C(=O)c1cc(=O)c2ccccc2o1. The van der Waals surface area contributed by atoms with E-state index < -0.39 is 17.9 Å². The second-order valence-electron chi connectivity index (χ2n) is 5.73. The van der Waals surface area contributed by atoms with Crippen LogP contribution in [0, 0.1) is 0 Å². The van der Waals surface area contributed by atoms with E-state index in [1.54, 1.807) is 24.3 Å². The maximum absolute atomic E-state index is 12.8. The number of hydrogen-bond donors (Lipinski definition) is 2. The van der Waals surface area contributed by atoms with Crippen LogP contribution in [0.1, 0.15) is 28.0 Å². The zero-order chi connectivity index (χ0) is 17.6. The third-order valence-electron chi connectivity index (χ3n) is 4.27. The van der Waals surface area contributed by atoms with E-state index >= 15 is 0 Å². The van der Waals surface area contributed by atoms with E-state index in [1.807, 2.05) is 0 Å². The Morgan fingerprint density at radius 2 is 2.12 bits per heavy atom. The maximum Gasteiger partial charge on any atom is 0.332 e. The van der Waals surface area contributed by atoms with Crippen molar-refractivity contribution in [3.8, 4) is 0 Å². The third kappa shape index (κ3) is 2.38. The van der Waals surface area contributed by atoms with Gasteiger partial charge in [0.25, 0.3) is 5.91 Å². The number of imidazole rings is 1. The Morgan fingerprint density at radius 1 is 1.32 bits per heavy atom. The van der Waals surface area contributed by atoms with Crippen LogP contribution in [0.3, 0.4) is 0 Å². The molecule has 0 aliphatic carbocycles. The van der Waals surface area contributed by atoms with Crippen LogP contribution in [0.15, 0.2) is 45.9 Å². The highest BCUT2D eigenvalue weighted by Gasteiger charge is 2.39. The van der Waals surface area contributed by atoms with Crippen LogP contribution >= 0.6 is 0 Å². The van der Waals surface area contributed by atoms with Crippen molar-refractivity contribution in [1.82, 2.24) is 14.9 Å². The highest BCUT2D eigenvalue weighted by Crippen LogP contribution is 2.29. The molecule has 0 radical (unpaired) electrons. The van der Waals surface area contributed by atoms with Gasteiger partial charge in [-0.2, -0.15) is 0 Å². The number of amides is 1. The number of para-hydroxylation sites is 1. The summed E-state index contributed by atoms with van der Waals surface area (Å²) in [6.45, 7) is 0.182. The van der Waals surface area contributed by atoms with Gasteiger partial charge in [-0.1, -0.05) is 12.1 Å². The zero-order valence-corrected chi connectivity index (χ0v) is 12.9. The summed E-state index contributed by atoms with van der Waals surface area (Å²) < 4.78 is 5.54. The van der Waals surface area contributed by atoms with Crippen molar-refractivity contribution >= 4 is 22.8 Å². The molecular weight excluding hydrogens is 326 g/mol. The minimum absolute atomic E-state index is 0.182. The molecule has 0 fully saturated rings. The lowest BCUT2D eigenvalue weighted by Crippen LogP contribution is -2.43. The summed E-state index contributed by atoms with van der Waals surface area (Å²) in [4.78, 5) is 44.8. The summed E-state index contributed by atoms with van der Waals surface area (Å²) in [5, 5.41) is 9.92.